The number of amides is 2. The van der Waals surface area contributed by atoms with Gasteiger partial charge in [0.25, 0.3) is 0 Å². The van der Waals surface area contributed by atoms with Gasteiger partial charge in [0, 0.05) is 37.5 Å². The second kappa shape index (κ2) is 10.00. The Morgan fingerprint density at radius 3 is 2.02 bits per heavy atom. The quantitative estimate of drug-likeness (QED) is 0.405. The Labute approximate surface area is 223 Å². The van der Waals surface area contributed by atoms with Gasteiger partial charge in [0.05, 0.1) is 4.90 Å². The third kappa shape index (κ3) is 4.81. The second-order valence-electron chi connectivity index (χ2n) is 9.73. The van der Waals surface area contributed by atoms with Crippen molar-refractivity contribution < 1.29 is 53.1 Å². The number of nitrogens with one attached hydrogen (secondary N) is 1. The molecule has 0 bridgehead atoms. The highest BCUT2D eigenvalue weighted by Gasteiger charge is 2.73. The van der Waals surface area contributed by atoms with Crippen molar-refractivity contribution in [1.29, 1.82) is 0 Å². The molecule has 1 unspecified atom stereocenters. The van der Waals surface area contributed by atoms with Gasteiger partial charge in [0.1, 0.15) is 10.6 Å². The zero-order valence-electron chi connectivity index (χ0n) is 20.5. The molecule has 2 aliphatic heterocycles. The van der Waals surface area contributed by atoms with Crippen molar-refractivity contribution in [1.82, 2.24) is 10.2 Å². The highest BCUT2D eigenvalue weighted by atomic mass is 32.2. The first-order chi connectivity index (χ1) is 18.4. The van der Waals surface area contributed by atoms with E-state index < -0.39 is 67.3 Å². The Morgan fingerprint density at radius 1 is 0.925 bits per heavy atom. The summed E-state index contributed by atoms with van der Waals surface area (Å²) in [6, 6.07) is 5.34. The minimum Gasteiger partial charge on any atom is -0.356 e. The third-order valence-corrected chi connectivity index (χ3v) is 9.86. The van der Waals surface area contributed by atoms with E-state index in [0.29, 0.717) is 12.1 Å². The molecule has 2 fully saturated rings. The Bertz CT molecular complexity index is 1380. The highest BCUT2D eigenvalue weighted by Crippen LogP contribution is 2.54. The standard InChI is InChI=1S/C25H22F8N2O4S/c26-18-5-7-19(8-6-18)40(38,39)22(10-12-35(14-22)21(37)15-9-11-34-20(36)13-15)16-1-3-17(4-2-16)23(27,24(28,29)30)25(31,32)33/h1-8,15H,9-14H2,(H,34,36)/t15?,22-/m0/s1. The highest BCUT2D eigenvalue weighted by molar-refractivity contribution is 7.92. The van der Waals surface area contributed by atoms with Crippen LogP contribution in [0, 0.1) is 11.7 Å². The molecule has 0 saturated carbocycles. The number of likely N-dealkylation sites (tertiary alicyclic amines) is 1. The largest absolute Gasteiger partial charge is 0.435 e. The SMILES string of the molecule is O=C1CC(C(=O)N2CC[C@](c3ccc(C(F)(C(F)(F)F)C(F)(F)F)cc3)(S(=O)(=O)c3ccc(F)cc3)C2)CCN1. The fourth-order valence-electron chi connectivity index (χ4n) is 5.16. The summed E-state index contributed by atoms with van der Waals surface area (Å²) in [6.07, 6.45) is -12.9. The molecule has 0 radical (unpaired) electrons. The van der Waals surface area contributed by atoms with Gasteiger partial charge >= 0.3 is 18.0 Å². The molecule has 218 valence electrons. The number of carbonyl (C=O) groups excluding carboxylic acids is 2. The van der Waals surface area contributed by atoms with Crippen LogP contribution >= 0.6 is 0 Å². The van der Waals surface area contributed by atoms with Crippen LogP contribution in [0.15, 0.2) is 53.4 Å². The summed E-state index contributed by atoms with van der Waals surface area (Å²) in [5, 5.41) is 2.56. The Morgan fingerprint density at radius 2 is 1.50 bits per heavy atom. The molecule has 2 atom stereocenters. The molecule has 40 heavy (non-hydrogen) atoms. The zero-order chi connectivity index (χ0) is 29.7. The Hall–Kier alpha value is -3.23. The van der Waals surface area contributed by atoms with Crippen molar-refractivity contribution in [2.24, 2.45) is 5.92 Å². The molecule has 2 heterocycles. The molecule has 4 rings (SSSR count). The summed E-state index contributed by atoms with van der Waals surface area (Å²) in [6.45, 7) is -0.507. The first kappa shape index (κ1) is 29.7. The molecule has 2 aliphatic rings. The van der Waals surface area contributed by atoms with Crippen LogP contribution in [0.25, 0.3) is 0 Å². The maximum absolute atomic E-state index is 14.6. The number of alkyl halides is 7. The lowest BCUT2D eigenvalue weighted by molar-refractivity contribution is -0.348. The summed E-state index contributed by atoms with van der Waals surface area (Å²) >= 11 is 0. The van der Waals surface area contributed by atoms with Gasteiger partial charge in [-0.15, -0.1) is 0 Å². The summed E-state index contributed by atoms with van der Waals surface area (Å²) in [4.78, 5) is 25.7. The molecule has 0 spiro atoms. The summed E-state index contributed by atoms with van der Waals surface area (Å²) < 4.78 is 133. The third-order valence-electron chi connectivity index (χ3n) is 7.37. The summed E-state index contributed by atoms with van der Waals surface area (Å²) in [7, 11) is -4.56. The minimum atomic E-state index is -6.37. The number of hydrogen-bond acceptors (Lipinski definition) is 4. The van der Waals surface area contributed by atoms with Gasteiger partial charge in [-0.25, -0.2) is 17.2 Å². The van der Waals surface area contributed by atoms with Gasteiger partial charge in [-0.3, -0.25) is 9.59 Å². The predicted octanol–water partition coefficient (Wildman–Crippen LogP) is 4.54. The van der Waals surface area contributed by atoms with Gasteiger partial charge in [-0.1, -0.05) is 24.3 Å². The van der Waals surface area contributed by atoms with Crippen LogP contribution in [-0.2, 0) is 29.8 Å². The Balaban J connectivity index is 1.80. The van der Waals surface area contributed by atoms with E-state index in [-0.39, 0.29) is 56.0 Å². The number of rotatable bonds is 5. The molecule has 2 aromatic rings. The van der Waals surface area contributed by atoms with Crippen molar-refractivity contribution in [2.75, 3.05) is 19.6 Å². The van der Waals surface area contributed by atoms with E-state index in [2.05, 4.69) is 5.32 Å². The van der Waals surface area contributed by atoms with E-state index in [1.165, 1.54) is 4.90 Å². The summed E-state index contributed by atoms with van der Waals surface area (Å²) in [5.41, 5.74) is -7.81. The minimum absolute atomic E-state index is 0.144. The van der Waals surface area contributed by atoms with E-state index in [0.717, 1.165) is 24.3 Å². The lowest BCUT2D eigenvalue weighted by atomic mass is 9.90. The van der Waals surface area contributed by atoms with E-state index in [1.54, 1.807) is 0 Å². The zero-order valence-corrected chi connectivity index (χ0v) is 21.3. The molecule has 2 aromatic carbocycles. The van der Waals surface area contributed by atoms with Crippen LogP contribution in [0.4, 0.5) is 35.1 Å². The van der Waals surface area contributed by atoms with E-state index in [1.807, 2.05) is 0 Å². The van der Waals surface area contributed by atoms with Gasteiger partial charge in [-0.2, -0.15) is 26.3 Å². The number of piperidine rings is 1. The number of carbonyl (C=O) groups is 2. The van der Waals surface area contributed by atoms with Crippen molar-refractivity contribution in [3.63, 3.8) is 0 Å². The maximum Gasteiger partial charge on any atom is 0.435 e. The van der Waals surface area contributed by atoms with Gasteiger partial charge < -0.3 is 10.2 Å². The number of halogens is 8. The fourth-order valence-corrected chi connectivity index (χ4v) is 7.24. The van der Waals surface area contributed by atoms with Crippen LogP contribution < -0.4 is 5.32 Å². The van der Waals surface area contributed by atoms with Crippen molar-refractivity contribution >= 4 is 21.7 Å². The number of sulfone groups is 1. The van der Waals surface area contributed by atoms with Crippen LogP contribution in [-0.4, -0.2) is 57.1 Å². The fraction of sp³-hybridized carbons (Fsp3) is 0.440. The molecule has 0 aromatic heterocycles. The molecule has 2 saturated heterocycles. The molecule has 2 amide bonds. The van der Waals surface area contributed by atoms with Crippen molar-refractivity contribution in [3.8, 4) is 0 Å². The number of nitrogens with zero attached hydrogens (tertiary/aromatic N) is 1. The van der Waals surface area contributed by atoms with E-state index in [4.69, 9.17) is 0 Å². The van der Waals surface area contributed by atoms with Crippen molar-refractivity contribution in [2.45, 2.75) is 46.9 Å². The van der Waals surface area contributed by atoms with E-state index in [9.17, 15) is 53.1 Å². The molecular formula is C25H22F8N2O4S. The normalized spacial score (nSPS) is 22.8. The molecular weight excluding hydrogens is 576 g/mol. The molecule has 1 N–H and O–H groups in total. The lowest BCUT2D eigenvalue weighted by Crippen LogP contribution is -2.50. The lowest BCUT2D eigenvalue weighted by Gasteiger charge is -2.33. The average molecular weight is 599 g/mol. The molecule has 6 nitrogen and oxygen atoms in total. The maximum atomic E-state index is 14.6. The van der Waals surface area contributed by atoms with Gasteiger partial charge in [0.15, 0.2) is 9.84 Å². The van der Waals surface area contributed by atoms with Crippen molar-refractivity contribution in [3.05, 3.63) is 65.5 Å². The molecule has 0 aliphatic carbocycles. The van der Waals surface area contributed by atoms with Crippen LogP contribution in [0.3, 0.4) is 0 Å². The van der Waals surface area contributed by atoms with Gasteiger partial charge in [0.2, 0.25) is 11.8 Å². The van der Waals surface area contributed by atoms with Crippen LogP contribution in [0.1, 0.15) is 30.4 Å². The van der Waals surface area contributed by atoms with Gasteiger partial charge in [-0.05, 0) is 42.7 Å². The van der Waals surface area contributed by atoms with Crippen LogP contribution in [0.2, 0.25) is 0 Å². The van der Waals surface area contributed by atoms with E-state index >= 15 is 0 Å². The van der Waals surface area contributed by atoms with Crippen LogP contribution in [0.5, 0.6) is 0 Å². The average Bonchev–Trinajstić information content (AvgIpc) is 3.34. The Kier molecular flexibility index (Phi) is 7.43. The first-order valence-corrected chi connectivity index (χ1v) is 13.4. The first-order valence-electron chi connectivity index (χ1n) is 11.9. The smallest absolute Gasteiger partial charge is 0.356 e. The number of benzene rings is 2. The second-order valence-corrected chi connectivity index (χ2v) is 12.0. The summed E-state index contributed by atoms with van der Waals surface area (Å²) in [5.74, 6) is -2.45. The predicted molar refractivity (Wildman–Crippen MR) is 124 cm³/mol. The monoisotopic (exact) mass is 598 g/mol. The topological polar surface area (TPSA) is 83.6 Å². The molecule has 15 heteroatoms. The number of hydrogen-bond donors (Lipinski definition) is 1.